The van der Waals surface area contributed by atoms with Gasteiger partial charge >= 0.3 is 5.69 Å². The lowest BCUT2D eigenvalue weighted by atomic mass is 9.92. The van der Waals surface area contributed by atoms with Crippen molar-refractivity contribution in [3.8, 4) is 11.5 Å². The largest absolute Gasteiger partial charge is 0.496 e. The highest BCUT2D eigenvalue weighted by Gasteiger charge is 2.26. The van der Waals surface area contributed by atoms with Gasteiger partial charge in [-0.15, -0.1) is 0 Å². The molecule has 1 saturated heterocycles. The smallest absolute Gasteiger partial charge is 0.314 e. The van der Waals surface area contributed by atoms with Gasteiger partial charge in [-0.2, -0.15) is 0 Å². The number of carbonyl (C=O) groups excluding carboxylic acids is 1. The fourth-order valence-electron chi connectivity index (χ4n) is 2.99. The van der Waals surface area contributed by atoms with Crippen LogP contribution < -0.4 is 9.47 Å². The van der Waals surface area contributed by atoms with Crippen LogP contribution in [0.1, 0.15) is 20.3 Å². The van der Waals surface area contributed by atoms with Crippen molar-refractivity contribution in [3.05, 3.63) is 28.3 Å². The first-order chi connectivity index (χ1) is 10.9. The van der Waals surface area contributed by atoms with Crippen molar-refractivity contribution in [3.63, 3.8) is 0 Å². The molecular weight excluding hydrogens is 300 g/mol. The molecule has 2 rings (SSSR count). The summed E-state index contributed by atoms with van der Waals surface area (Å²) in [6.07, 6.45) is 1.11. The quantitative estimate of drug-likeness (QED) is 0.614. The molecule has 0 aromatic heterocycles. The van der Waals surface area contributed by atoms with Crippen molar-refractivity contribution < 1.29 is 19.2 Å². The molecule has 0 unspecified atom stereocenters. The van der Waals surface area contributed by atoms with Gasteiger partial charge in [0.2, 0.25) is 0 Å². The molecule has 0 radical (unpaired) electrons. The van der Waals surface area contributed by atoms with E-state index >= 15 is 0 Å². The van der Waals surface area contributed by atoms with Crippen molar-refractivity contribution in [1.82, 2.24) is 4.90 Å². The van der Waals surface area contributed by atoms with E-state index in [1.54, 1.807) is 11.0 Å². The summed E-state index contributed by atoms with van der Waals surface area (Å²) in [5.41, 5.74) is -0.211. The van der Waals surface area contributed by atoms with Crippen LogP contribution in [0.25, 0.3) is 0 Å². The molecule has 1 aromatic rings. The lowest BCUT2D eigenvalue weighted by Crippen LogP contribution is -2.44. The zero-order valence-electron chi connectivity index (χ0n) is 13.7. The Balaban J connectivity index is 2.02. The fraction of sp³-hybridized carbons (Fsp3) is 0.562. The second kappa shape index (κ2) is 7.30. The number of hydrogen-bond acceptors (Lipinski definition) is 5. The summed E-state index contributed by atoms with van der Waals surface area (Å²) in [7, 11) is 1.43. The van der Waals surface area contributed by atoms with E-state index in [4.69, 9.17) is 9.47 Å². The third-order valence-corrected chi connectivity index (χ3v) is 3.94. The van der Waals surface area contributed by atoms with Gasteiger partial charge < -0.3 is 14.4 Å². The highest BCUT2D eigenvalue weighted by atomic mass is 16.6. The lowest BCUT2D eigenvalue weighted by molar-refractivity contribution is -0.385. The van der Waals surface area contributed by atoms with Crippen LogP contribution in [-0.4, -0.2) is 42.5 Å². The number of nitro benzene ring substituents is 1. The Bertz CT molecular complexity index is 580. The van der Waals surface area contributed by atoms with E-state index in [0.717, 1.165) is 6.42 Å². The van der Waals surface area contributed by atoms with Gasteiger partial charge in [0, 0.05) is 13.1 Å². The summed E-state index contributed by atoms with van der Waals surface area (Å²) in [6.45, 7) is 5.44. The third kappa shape index (κ3) is 4.34. The molecule has 2 atom stereocenters. The molecule has 1 aromatic carbocycles. The van der Waals surface area contributed by atoms with Crippen LogP contribution in [0.2, 0.25) is 0 Å². The molecule has 7 nitrogen and oxygen atoms in total. The van der Waals surface area contributed by atoms with E-state index in [9.17, 15) is 14.9 Å². The molecule has 1 heterocycles. The summed E-state index contributed by atoms with van der Waals surface area (Å²) in [5.74, 6) is 1.21. The zero-order valence-corrected chi connectivity index (χ0v) is 13.7. The molecule has 1 aliphatic rings. The molecule has 0 bridgehead atoms. The Morgan fingerprint density at radius 2 is 2.00 bits per heavy atom. The normalized spacial score (nSPS) is 20.9. The Morgan fingerprint density at radius 1 is 1.35 bits per heavy atom. The number of nitro groups is 1. The van der Waals surface area contributed by atoms with Crippen LogP contribution in [0, 0.1) is 22.0 Å². The number of rotatable bonds is 5. The minimum Gasteiger partial charge on any atom is -0.496 e. The summed E-state index contributed by atoms with van der Waals surface area (Å²) >= 11 is 0. The van der Waals surface area contributed by atoms with Gasteiger partial charge in [-0.1, -0.05) is 13.8 Å². The van der Waals surface area contributed by atoms with Crippen molar-refractivity contribution >= 4 is 11.6 Å². The number of nitrogens with zero attached hydrogens (tertiary/aromatic N) is 2. The zero-order chi connectivity index (χ0) is 17.0. The average Bonchev–Trinajstić information content (AvgIpc) is 2.51. The SMILES string of the molecule is COc1ccc(OCC(=O)N2C[C@H](C)C[C@@H](C)C2)c([N+](=O)[O-])c1. The van der Waals surface area contributed by atoms with Gasteiger partial charge in [-0.3, -0.25) is 14.9 Å². The Morgan fingerprint density at radius 3 is 2.57 bits per heavy atom. The lowest BCUT2D eigenvalue weighted by Gasteiger charge is -2.34. The van der Waals surface area contributed by atoms with Gasteiger partial charge in [0.1, 0.15) is 5.75 Å². The number of piperidine rings is 1. The number of likely N-dealkylation sites (tertiary alicyclic amines) is 1. The minimum absolute atomic E-state index is 0.0715. The standard InChI is InChI=1S/C16H22N2O5/c1-11-6-12(2)9-17(8-11)16(19)10-23-15-5-4-13(22-3)7-14(15)18(20)21/h4-5,7,11-12H,6,8-10H2,1-3H3/t11-,12-/m1/s1. The van der Waals surface area contributed by atoms with E-state index in [1.807, 2.05) is 0 Å². The minimum atomic E-state index is -0.548. The average molecular weight is 322 g/mol. The second-order valence-electron chi connectivity index (χ2n) is 6.12. The van der Waals surface area contributed by atoms with Crippen LogP contribution in [0.3, 0.4) is 0 Å². The van der Waals surface area contributed by atoms with Gasteiger partial charge in [-0.25, -0.2) is 0 Å². The Labute approximate surface area is 135 Å². The van der Waals surface area contributed by atoms with Crippen LogP contribution in [-0.2, 0) is 4.79 Å². The molecule has 126 valence electrons. The molecule has 0 saturated carbocycles. The Kier molecular flexibility index (Phi) is 5.41. The molecule has 1 amide bonds. The highest BCUT2D eigenvalue weighted by molar-refractivity contribution is 5.78. The molecule has 0 N–H and O–H groups in total. The summed E-state index contributed by atoms with van der Waals surface area (Å²) in [5, 5.41) is 11.1. The second-order valence-corrected chi connectivity index (χ2v) is 6.12. The van der Waals surface area contributed by atoms with E-state index < -0.39 is 4.92 Å². The monoisotopic (exact) mass is 322 g/mol. The number of ether oxygens (including phenoxy) is 2. The van der Waals surface area contributed by atoms with Gasteiger partial charge in [0.05, 0.1) is 18.1 Å². The molecule has 1 aliphatic heterocycles. The van der Waals surface area contributed by atoms with E-state index in [1.165, 1.54) is 19.2 Å². The van der Waals surface area contributed by atoms with Crippen LogP contribution in [0.4, 0.5) is 5.69 Å². The van der Waals surface area contributed by atoms with Crippen molar-refractivity contribution in [2.24, 2.45) is 11.8 Å². The first kappa shape index (κ1) is 17.1. The molecule has 23 heavy (non-hydrogen) atoms. The maximum absolute atomic E-state index is 12.3. The predicted molar refractivity (Wildman–Crippen MR) is 84.7 cm³/mol. The van der Waals surface area contributed by atoms with Crippen LogP contribution >= 0.6 is 0 Å². The van der Waals surface area contributed by atoms with Crippen LogP contribution in [0.5, 0.6) is 11.5 Å². The maximum Gasteiger partial charge on any atom is 0.314 e. The molecule has 0 spiro atoms. The summed E-state index contributed by atoms with van der Waals surface area (Å²) in [6, 6.07) is 4.30. The van der Waals surface area contributed by atoms with Gasteiger partial charge in [0.25, 0.3) is 5.91 Å². The fourth-order valence-corrected chi connectivity index (χ4v) is 2.99. The number of hydrogen-bond donors (Lipinski definition) is 0. The van der Waals surface area contributed by atoms with E-state index in [2.05, 4.69) is 13.8 Å². The molecular formula is C16H22N2O5. The first-order valence-electron chi connectivity index (χ1n) is 7.63. The first-order valence-corrected chi connectivity index (χ1v) is 7.63. The van der Waals surface area contributed by atoms with Crippen molar-refractivity contribution in [1.29, 1.82) is 0 Å². The topological polar surface area (TPSA) is 81.9 Å². The summed E-state index contributed by atoms with van der Waals surface area (Å²) in [4.78, 5) is 24.6. The maximum atomic E-state index is 12.3. The number of methoxy groups -OCH3 is 1. The van der Waals surface area contributed by atoms with Crippen LogP contribution in [0.15, 0.2) is 18.2 Å². The van der Waals surface area contributed by atoms with E-state index in [-0.39, 0.29) is 24.0 Å². The third-order valence-electron chi connectivity index (χ3n) is 3.94. The van der Waals surface area contributed by atoms with E-state index in [0.29, 0.717) is 30.7 Å². The predicted octanol–water partition coefficient (Wildman–Crippen LogP) is 2.49. The Hall–Kier alpha value is -2.31. The molecule has 7 heteroatoms. The summed E-state index contributed by atoms with van der Waals surface area (Å²) < 4.78 is 10.4. The van der Waals surface area contributed by atoms with Crippen molar-refractivity contribution in [2.75, 3.05) is 26.8 Å². The highest BCUT2D eigenvalue weighted by Crippen LogP contribution is 2.31. The number of carbonyl (C=O) groups is 1. The molecule has 1 fully saturated rings. The van der Waals surface area contributed by atoms with Crippen molar-refractivity contribution in [2.45, 2.75) is 20.3 Å². The number of benzene rings is 1. The van der Waals surface area contributed by atoms with Gasteiger partial charge in [-0.05, 0) is 30.4 Å². The number of amides is 1. The van der Waals surface area contributed by atoms with Gasteiger partial charge in [0.15, 0.2) is 12.4 Å². The molecule has 0 aliphatic carbocycles.